The van der Waals surface area contributed by atoms with Crippen LogP contribution in [0.15, 0.2) is 48.5 Å². The van der Waals surface area contributed by atoms with Crippen LogP contribution in [-0.2, 0) is 20.7 Å². The Morgan fingerprint density at radius 1 is 1.16 bits per heavy atom. The fraction of sp³-hybridized carbons (Fsp3) is 0.263. The number of aryl methyl sites for hydroxylation is 1. The lowest BCUT2D eigenvalue weighted by molar-refractivity contribution is -0.155. The first-order valence-electron chi connectivity index (χ1n) is 7.95. The zero-order valence-electron chi connectivity index (χ0n) is 14.1. The van der Waals surface area contributed by atoms with E-state index in [1.807, 2.05) is 19.1 Å². The van der Waals surface area contributed by atoms with Crippen molar-refractivity contribution in [3.05, 3.63) is 59.9 Å². The molecule has 1 amide bonds. The number of amides is 1. The SMILES string of the molecule is CCc1ccc(NC(=O)[C@@H](C)OC(=O)COc2cccc(F)c2)cc1. The van der Waals surface area contributed by atoms with Crippen molar-refractivity contribution in [3.63, 3.8) is 0 Å². The topological polar surface area (TPSA) is 64.6 Å². The molecule has 132 valence electrons. The van der Waals surface area contributed by atoms with Crippen LogP contribution in [0.1, 0.15) is 19.4 Å². The number of esters is 1. The van der Waals surface area contributed by atoms with E-state index < -0.39 is 30.4 Å². The van der Waals surface area contributed by atoms with Crippen LogP contribution < -0.4 is 10.1 Å². The Balaban J connectivity index is 1.80. The molecule has 0 aromatic heterocycles. The number of halogens is 1. The molecule has 2 rings (SSSR count). The van der Waals surface area contributed by atoms with Crippen molar-refractivity contribution in [3.8, 4) is 5.75 Å². The highest BCUT2D eigenvalue weighted by atomic mass is 19.1. The highest BCUT2D eigenvalue weighted by molar-refractivity contribution is 5.95. The number of hydrogen-bond donors (Lipinski definition) is 1. The molecule has 25 heavy (non-hydrogen) atoms. The number of anilines is 1. The number of hydrogen-bond acceptors (Lipinski definition) is 4. The molecule has 0 aliphatic heterocycles. The Hall–Kier alpha value is -2.89. The van der Waals surface area contributed by atoms with Crippen LogP contribution >= 0.6 is 0 Å². The lowest BCUT2D eigenvalue weighted by atomic mass is 10.1. The van der Waals surface area contributed by atoms with Crippen LogP contribution in [0.4, 0.5) is 10.1 Å². The summed E-state index contributed by atoms with van der Waals surface area (Å²) in [6.45, 7) is 3.10. The molecule has 1 atom stereocenters. The van der Waals surface area contributed by atoms with Crippen molar-refractivity contribution in [1.82, 2.24) is 0 Å². The highest BCUT2D eigenvalue weighted by Crippen LogP contribution is 2.13. The first-order valence-corrected chi connectivity index (χ1v) is 7.95. The molecule has 0 fully saturated rings. The van der Waals surface area contributed by atoms with Gasteiger partial charge in [-0.05, 0) is 43.2 Å². The molecule has 0 aliphatic rings. The lowest BCUT2D eigenvalue weighted by Crippen LogP contribution is -2.31. The van der Waals surface area contributed by atoms with Crippen molar-refractivity contribution in [1.29, 1.82) is 0 Å². The van der Waals surface area contributed by atoms with Gasteiger partial charge in [0.2, 0.25) is 0 Å². The average molecular weight is 345 g/mol. The van der Waals surface area contributed by atoms with E-state index in [4.69, 9.17) is 9.47 Å². The zero-order chi connectivity index (χ0) is 18.2. The Morgan fingerprint density at radius 2 is 1.88 bits per heavy atom. The number of ether oxygens (including phenoxy) is 2. The first kappa shape index (κ1) is 18.4. The lowest BCUT2D eigenvalue weighted by Gasteiger charge is -2.14. The van der Waals surface area contributed by atoms with Gasteiger partial charge in [-0.3, -0.25) is 4.79 Å². The van der Waals surface area contributed by atoms with Crippen LogP contribution in [0.5, 0.6) is 5.75 Å². The van der Waals surface area contributed by atoms with Crippen LogP contribution in [0.25, 0.3) is 0 Å². The Kier molecular flexibility index (Phi) is 6.51. The van der Waals surface area contributed by atoms with E-state index in [0.717, 1.165) is 18.1 Å². The van der Waals surface area contributed by atoms with Crippen molar-refractivity contribution < 1.29 is 23.5 Å². The standard InChI is InChI=1S/C19H20FNO4/c1-3-14-7-9-16(10-8-14)21-19(23)13(2)25-18(22)12-24-17-6-4-5-15(20)11-17/h4-11,13H,3,12H2,1-2H3,(H,21,23)/t13-/m1/s1. The summed E-state index contributed by atoms with van der Waals surface area (Å²) in [5.74, 6) is -1.41. The van der Waals surface area contributed by atoms with Gasteiger partial charge in [0.15, 0.2) is 12.7 Å². The summed E-state index contributed by atoms with van der Waals surface area (Å²) in [7, 11) is 0. The maximum Gasteiger partial charge on any atom is 0.344 e. The van der Waals surface area contributed by atoms with Gasteiger partial charge < -0.3 is 14.8 Å². The molecule has 2 aromatic rings. The number of rotatable bonds is 7. The molecule has 0 spiro atoms. The fourth-order valence-electron chi connectivity index (χ4n) is 2.05. The number of carbonyl (C=O) groups is 2. The van der Waals surface area contributed by atoms with Gasteiger partial charge in [-0.15, -0.1) is 0 Å². The second kappa shape index (κ2) is 8.82. The molecule has 1 N–H and O–H groups in total. The first-order chi connectivity index (χ1) is 12.0. The summed E-state index contributed by atoms with van der Waals surface area (Å²) >= 11 is 0. The van der Waals surface area contributed by atoms with Gasteiger partial charge in [-0.1, -0.05) is 25.1 Å². The highest BCUT2D eigenvalue weighted by Gasteiger charge is 2.18. The van der Waals surface area contributed by atoms with E-state index in [9.17, 15) is 14.0 Å². The summed E-state index contributed by atoms with van der Waals surface area (Å²) in [6, 6.07) is 12.8. The number of carbonyl (C=O) groups excluding carboxylic acids is 2. The zero-order valence-corrected chi connectivity index (χ0v) is 14.1. The molecule has 0 aliphatic carbocycles. The number of nitrogens with one attached hydrogen (secondary N) is 1. The van der Waals surface area contributed by atoms with Crippen LogP contribution in [0.3, 0.4) is 0 Å². The summed E-state index contributed by atoms with van der Waals surface area (Å²) < 4.78 is 23.2. The molecule has 6 heteroatoms. The molecule has 2 aromatic carbocycles. The third-order valence-electron chi connectivity index (χ3n) is 3.46. The van der Waals surface area contributed by atoms with Crippen molar-refractivity contribution >= 4 is 17.6 Å². The minimum atomic E-state index is -0.977. The van der Waals surface area contributed by atoms with Gasteiger partial charge in [0, 0.05) is 11.8 Å². The van der Waals surface area contributed by atoms with Gasteiger partial charge in [-0.2, -0.15) is 0 Å². The fourth-order valence-corrected chi connectivity index (χ4v) is 2.05. The summed E-state index contributed by atoms with van der Waals surface area (Å²) in [6.07, 6.45) is -0.0671. The van der Waals surface area contributed by atoms with E-state index in [1.165, 1.54) is 25.1 Å². The van der Waals surface area contributed by atoms with E-state index in [1.54, 1.807) is 12.1 Å². The normalized spacial score (nSPS) is 11.5. The van der Waals surface area contributed by atoms with Crippen LogP contribution in [0, 0.1) is 5.82 Å². The quantitative estimate of drug-likeness (QED) is 0.782. The molecule has 0 saturated carbocycles. The predicted octanol–water partition coefficient (Wildman–Crippen LogP) is 3.34. The molecule has 0 bridgehead atoms. The smallest absolute Gasteiger partial charge is 0.344 e. The maximum absolute atomic E-state index is 13.0. The Labute approximate surface area is 145 Å². The minimum absolute atomic E-state index is 0.213. The van der Waals surface area contributed by atoms with Crippen molar-refractivity contribution in [2.24, 2.45) is 0 Å². The summed E-state index contributed by atoms with van der Waals surface area (Å²) in [5.41, 5.74) is 1.79. The Morgan fingerprint density at radius 3 is 2.52 bits per heavy atom. The monoisotopic (exact) mass is 345 g/mol. The molecular formula is C19H20FNO4. The van der Waals surface area contributed by atoms with Gasteiger partial charge >= 0.3 is 5.97 Å². The number of benzene rings is 2. The second-order valence-corrected chi connectivity index (χ2v) is 5.42. The molecule has 5 nitrogen and oxygen atoms in total. The van der Waals surface area contributed by atoms with Crippen molar-refractivity contribution in [2.45, 2.75) is 26.4 Å². The largest absolute Gasteiger partial charge is 0.482 e. The van der Waals surface area contributed by atoms with E-state index >= 15 is 0 Å². The molecule has 0 saturated heterocycles. The van der Waals surface area contributed by atoms with Crippen LogP contribution in [-0.4, -0.2) is 24.6 Å². The van der Waals surface area contributed by atoms with Crippen LogP contribution in [0.2, 0.25) is 0 Å². The predicted molar refractivity (Wildman–Crippen MR) is 91.9 cm³/mol. The van der Waals surface area contributed by atoms with E-state index in [-0.39, 0.29) is 5.75 Å². The van der Waals surface area contributed by atoms with Gasteiger partial charge in [0.25, 0.3) is 5.91 Å². The minimum Gasteiger partial charge on any atom is -0.482 e. The molecular weight excluding hydrogens is 325 g/mol. The van der Waals surface area contributed by atoms with E-state index in [0.29, 0.717) is 5.69 Å². The average Bonchev–Trinajstić information content (AvgIpc) is 2.60. The molecule has 0 unspecified atom stereocenters. The van der Waals surface area contributed by atoms with Gasteiger partial charge in [0.1, 0.15) is 11.6 Å². The van der Waals surface area contributed by atoms with E-state index in [2.05, 4.69) is 5.32 Å². The third kappa shape index (κ3) is 5.91. The summed E-state index contributed by atoms with van der Waals surface area (Å²) in [4.78, 5) is 23.8. The maximum atomic E-state index is 13.0. The molecule has 0 heterocycles. The van der Waals surface area contributed by atoms with Crippen molar-refractivity contribution in [2.75, 3.05) is 11.9 Å². The van der Waals surface area contributed by atoms with Gasteiger partial charge in [-0.25, -0.2) is 9.18 Å². The Bertz CT molecular complexity index is 730. The van der Waals surface area contributed by atoms with Gasteiger partial charge in [0.05, 0.1) is 0 Å². The molecule has 0 radical (unpaired) electrons. The third-order valence-corrected chi connectivity index (χ3v) is 3.46. The summed E-state index contributed by atoms with van der Waals surface area (Å²) in [5, 5.41) is 2.67. The second-order valence-electron chi connectivity index (χ2n) is 5.42.